The number of anilines is 2. The molecule has 0 unspecified atom stereocenters. The van der Waals surface area contributed by atoms with Crippen LogP contribution in [0.2, 0.25) is 0 Å². The summed E-state index contributed by atoms with van der Waals surface area (Å²) in [5.41, 5.74) is 4.62. The molecule has 186 valence electrons. The number of hydrogen-bond donors (Lipinski definition) is 2. The van der Waals surface area contributed by atoms with Gasteiger partial charge in [0.2, 0.25) is 5.91 Å². The monoisotopic (exact) mass is 501 g/mol. The number of carbonyl (C=O) groups is 1. The van der Waals surface area contributed by atoms with E-state index in [1.807, 2.05) is 94.1 Å². The topological polar surface area (TPSA) is 62.8 Å². The predicted octanol–water partition coefficient (Wildman–Crippen LogP) is 5.81. The largest absolute Gasteiger partial charge is 0.490 e. The molecule has 3 aromatic carbocycles. The van der Waals surface area contributed by atoms with E-state index in [1.165, 1.54) is 0 Å². The van der Waals surface area contributed by atoms with Gasteiger partial charge in [-0.2, -0.15) is 0 Å². The molecule has 3 aromatic rings. The van der Waals surface area contributed by atoms with Crippen LogP contribution in [0.15, 0.2) is 60.7 Å². The fraction of sp³-hybridized carbons (Fsp3) is 0.310. The zero-order valence-corrected chi connectivity index (χ0v) is 22.0. The second-order valence-electron chi connectivity index (χ2n) is 9.65. The number of nitrogens with one attached hydrogen (secondary N) is 2. The fourth-order valence-electron chi connectivity index (χ4n) is 5.36. The van der Waals surface area contributed by atoms with Gasteiger partial charge in [0, 0.05) is 16.9 Å². The molecule has 2 N–H and O–H groups in total. The molecule has 1 amide bonds. The lowest BCUT2D eigenvalue weighted by Crippen LogP contribution is -2.72. The van der Waals surface area contributed by atoms with Gasteiger partial charge in [-0.1, -0.05) is 42.0 Å². The normalized spacial score (nSPS) is 22.2. The van der Waals surface area contributed by atoms with Gasteiger partial charge in [-0.15, -0.1) is 0 Å². The maximum Gasteiger partial charge on any atom is 0.236 e. The summed E-state index contributed by atoms with van der Waals surface area (Å²) in [6.45, 7) is 10.5. The quantitative estimate of drug-likeness (QED) is 0.430. The van der Waals surface area contributed by atoms with E-state index in [1.54, 1.807) is 0 Å². The first-order valence-electron chi connectivity index (χ1n) is 12.2. The molecular weight excluding hydrogens is 470 g/mol. The van der Waals surface area contributed by atoms with Gasteiger partial charge >= 0.3 is 0 Å². The van der Waals surface area contributed by atoms with Gasteiger partial charge in [-0.05, 0) is 82.2 Å². The van der Waals surface area contributed by atoms with Crippen LogP contribution in [0.25, 0.3) is 0 Å². The molecule has 1 fully saturated rings. The van der Waals surface area contributed by atoms with Crippen molar-refractivity contribution in [1.29, 1.82) is 0 Å². The van der Waals surface area contributed by atoms with Crippen molar-refractivity contribution < 1.29 is 14.3 Å². The lowest BCUT2D eigenvalue weighted by Gasteiger charge is -2.56. The molecule has 36 heavy (non-hydrogen) atoms. The van der Waals surface area contributed by atoms with Crippen LogP contribution in [0.3, 0.4) is 0 Å². The van der Waals surface area contributed by atoms with Crippen molar-refractivity contribution in [3.8, 4) is 11.5 Å². The summed E-state index contributed by atoms with van der Waals surface area (Å²) in [5.74, 6) is 0.526. The van der Waals surface area contributed by atoms with E-state index >= 15 is 0 Å². The van der Waals surface area contributed by atoms with E-state index in [-0.39, 0.29) is 5.91 Å². The molecule has 0 saturated carbocycles. The summed E-state index contributed by atoms with van der Waals surface area (Å²) in [4.78, 5) is 16.0. The zero-order valence-electron chi connectivity index (χ0n) is 21.2. The summed E-state index contributed by atoms with van der Waals surface area (Å²) < 4.78 is 12.7. The molecule has 0 aromatic heterocycles. The Labute approximate surface area is 217 Å². The molecule has 7 heteroatoms. The molecule has 0 radical (unpaired) electrons. The van der Waals surface area contributed by atoms with Crippen molar-refractivity contribution in [1.82, 2.24) is 5.32 Å². The standard InChI is InChI=1S/C29H31N3O3S/c1-6-34-23-12-8-11-21-25-24(27(33)30-22-14-13-18(3)15-19(22)4)29(5,35-26(21)23)32(28(36)31-25)20-10-7-9-17(2)16-20/h7-16,24-25H,6H2,1-5H3,(H,30,33)(H,31,36)/t24-,25+,29-/m0/s1. The lowest BCUT2D eigenvalue weighted by molar-refractivity contribution is -0.130. The van der Waals surface area contributed by atoms with E-state index in [4.69, 9.17) is 21.7 Å². The first kappa shape index (κ1) is 24.1. The van der Waals surface area contributed by atoms with Gasteiger partial charge in [-0.3, -0.25) is 9.69 Å². The Hall–Kier alpha value is -3.58. The zero-order chi connectivity index (χ0) is 25.6. The average molecular weight is 502 g/mol. The number of nitrogens with zero attached hydrogens (tertiary/aromatic N) is 1. The van der Waals surface area contributed by atoms with E-state index in [9.17, 15) is 4.79 Å². The number of para-hydroxylation sites is 1. The SMILES string of the molecule is CCOc1cccc2c1O[C@@]1(C)[C@H](C(=O)Nc3ccc(C)cc3C)[C@@H]2NC(=S)N1c1cccc(C)c1. The highest BCUT2D eigenvalue weighted by molar-refractivity contribution is 7.80. The summed E-state index contributed by atoms with van der Waals surface area (Å²) in [6, 6.07) is 19.5. The minimum absolute atomic E-state index is 0.144. The molecule has 2 bridgehead atoms. The number of ether oxygens (including phenoxy) is 2. The third-order valence-corrected chi connectivity index (χ3v) is 7.27. The number of aryl methyl sites for hydroxylation is 3. The van der Waals surface area contributed by atoms with Gasteiger partial charge < -0.3 is 20.1 Å². The number of thiocarbonyl (C=S) groups is 1. The Balaban J connectivity index is 1.65. The van der Waals surface area contributed by atoms with Crippen LogP contribution in [0.5, 0.6) is 11.5 Å². The molecule has 2 aliphatic heterocycles. The average Bonchev–Trinajstić information content (AvgIpc) is 2.81. The number of rotatable bonds is 5. The number of fused-ring (bicyclic) bond motifs is 4. The van der Waals surface area contributed by atoms with Crippen LogP contribution in [-0.2, 0) is 4.79 Å². The van der Waals surface area contributed by atoms with Gasteiger partial charge in [0.15, 0.2) is 22.3 Å². The summed E-state index contributed by atoms with van der Waals surface area (Å²) in [6.07, 6.45) is 0. The second-order valence-corrected chi connectivity index (χ2v) is 10.0. The van der Waals surface area contributed by atoms with Crippen LogP contribution < -0.4 is 25.0 Å². The van der Waals surface area contributed by atoms with Crippen molar-refractivity contribution >= 4 is 34.6 Å². The highest BCUT2D eigenvalue weighted by atomic mass is 32.1. The van der Waals surface area contributed by atoms with Crippen LogP contribution in [0.1, 0.15) is 42.1 Å². The molecule has 2 aliphatic rings. The Kier molecular flexibility index (Phi) is 6.12. The van der Waals surface area contributed by atoms with Crippen LogP contribution in [-0.4, -0.2) is 23.4 Å². The van der Waals surface area contributed by atoms with Gasteiger partial charge in [0.1, 0.15) is 5.92 Å². The highest BCUT2D eigenvalue weighted by Crippen LogP contribution is 2.52. The Morgan fingerprint density at radius 1 is 1.11 bits per heavy atom. The predicted molar refractivity (Wildman–Crippen MR) is 147 cm³/mol. The van der Waals surface area contributed by atoms with E-state index in [0.717, 1.165) is 33.6 Å². The first-order valence-corrected chi connectivity index (χ1v) is 12.6. The Morgan fingerprint density at radius 3 is 2.58 bits per heavy atom. The minimum Gasteiger partial charge on any atom is -0.490 e. The van der Waals surface area contributed by atoms with Crippen LogP contribution >= 0.6 is 12.2 Å². The third kappa shape index (κ3) is 3.97. The molecule has 2 heterocycles. The summed E-state index contributed by atoms with van der Waals surface area (Å²) >= 11 is 5.87. The lowest BCUT2D eigenvalue weighted by atomic mass is 9.78. The molecule has 3 atom stereocenters. The van der Waals surface area contributed by atoms with Crippen molar-refractivity contribution in [2.24, 2.45) is 5.92 Å². The van der Waals surface area contributed by atoms with Crippen LogP contribution in [0.4, 0.5) is 11.4 Å². The molecule has 0 spiro atoms. The van der Waals surface area contributed by atoms with Gasteiger partial charge in [0.25, 0.3) is 0 Å². The van der Waals surface area contributed by atoms with Crippen molar-refractivity contribution in [3.05, 3.63) is 82.9 Å². The number of carbonyl (C=O) groups excluding carboxylic acids is 1. The van der Waals surface area contributed by atoms with Crippen molar-refractivity contribution in [2.75, 3.05) is 16.8 Å². The molecule has 1 saturated heterocycles. The highest BCUT2D eigenvalue weighted by Gasteiger charge is 2.59. The van der Waals surface area contributed by atoms with E-state index in [2.05, 4.69) is 16.7 Å². The number of amides is 1. The summed E-state index contributed by atoms with van der Waals surface area (Å²) in [5, 5.41) is 7.15. The second kappa shape index (κ2) is 9.13. The van der Waals surface area contributed by atoms with Gasteiger partial charge in [0.05, 0.1) is 12.6 Å². The fourth-order valence-corrected chi connectivity index (χ4v) is 5.77. The molecule has 5 rings (SSSR count). The molecule has 0 aliphatic carbocycles. The number of benzene rings is 3. The molecule has 6 nitrogen and oxygen atoms in total. The van der Waals surface area contributed by atoms with E-state index < -0.39 is 17.7 Å². The smallest absolute Gasteiger partial charge is 0.236 e. The number of hydrogen-bond acceptors (Lipinski definition) is 4. The minimum atomic E-state index is -1.11. The van der Waals surface area contributed by atoms with Crippen molar-refractivity contribution in [3.63, 3.8) is 0 Å². The van der Waals surface area contributed by atoms with Crippen LogP contribution in [0, 0.1) is 26.7 Å². The Morgan fingerprint density at radius 2 is 1.86 bits per heavy atom. The summed E-state index contributed by atoms with van der Waals surface area (Å²) in [7, 11) is 0. The first-order chi connectivity index (χ1) is 17.2. The Bertz CT molecular complexity index is 1360. The maximum atomic E-state index is 14.1. The van der Waals surface area contributed by atoms with Gasteiger partial charge in [-0.25, -0.2) is 0 Å². The van der Waals surface area contributed by atoms with E-state index in [0.29, 0.717) is 23.2 Å². The maximum absolute atomic E-state index is 14.1. The molecular formula is C29H31N3O3S. The van der Waals surface area contributed by atoms with Crippen molar-refractivity contribution in [2.45, 2.75) is 46.4 Å². The third-order valence-electron chi connectivity index (χ3n) is 6.97.